The summed E-state index contributed by atoms with van der Waals surface area (Å²) in [6, 6.07) is 5.57. The van der Waals surface area contributed by atoms with E-state index in [-0.39, 0.29) is 11.7 Å². The first-order valence-electron chi connectivity index (χ1n) is 5.25. The van der Waals surface area contributed by atoms with Gasteiger partial charge >= 0.3 is 0 Å². The summed E-state index contributed by atoms with van der Waals surface area (Å²) < 4.78 is 15.0. The molecule has 6 heteroatoms. The van der Waals surface area contributed by atoms with Crippen LogP contribution in [0.1, 0.15) is 16.2 Å². The van der Waals surface area contributed by atoms with E-state index in [1.165, 1.54) is 24.3 Å². The highest BCUT2D eigenvalue weighted by atomic mass is 79.9. The van der Waals surface area contributed by atoms with E-state index in [1.807, 2.05) is 6.92 Å². The number of anilines is 1. The molecule has 1 amide bonds. The molecule has 0 fully saturated rings. The standard InChI is InChI=1S/C12H11BrFN3O/c1-7-10(13)11(16-17(7)2)12(18)15-9-5-3-8(14)4-6-9/h3-6H,1-2H3,(H,15,18). The van der Waals surface area contributed by atoms with Gasteiger partial charge in [-0.05, 0) is 47.1 Å². The largest absolute Gasteiger partial charge is 0.321 e. The molecule has 0 aliphatic heterocycles. The molecule has 0 spiro atoms. The van der Waals surface area contributed by atoms with Gasteiger partial charge in [0.15, 0.2) is 5.69 Å². The molecule has 4 nitrogen and oxygen atoms in total. The zero-order valence-corrected chi connectivity index (χ0v) is 11.5. The third-order valence-electron chi connectivity index (χ3n) is 2.58. The van der Waals surface area contributed by atoms with Crippen molar-refractivity contribution in [2.24, 2.45) is 7.05 Å². The zero-order chi connectivity index (χ0) is 13.3. The molecule has 0 unspecified atom stereocenters. The monoisotopic (exact) mass is 311 g/mol. The summed E-state index contributed by atoms with van der Waals surface area (Å²) in [5.74, 6) is -0.681. The number of carbonyl (C=O) groups excluding carboxylic acids is 1. The number of amides is 1. The SMILES string of the molecule is Cc1c(Br)c(C(=O)Nc2ccc(F)cc2)nn1C. The number of aryl methyl sites for hydroxylation is 1. The predicted octanol–water partition coefficient (Wildman–Crippen LogP) is 2.88. The highest BCUT2D eigenvalue weighted by Crippen LogP contribution is 2.21. The molecule has 18 heavy (non-hydrogen) atoms. The quantitative estimate of drug-likeness (QED) is 0.927. The van der Waals surface area contributed by atoms with Gasteiger partial charge in [0.1, 0.15) is 5.82 Å². The molecule has 2 rings (SSSR count). The minimum atomic E-state index is -0.345. The van der Waals surface area contributed by atoms with Crippen molar-refractivity contribution in [3.05, 3.63) is 45.9 Å². The molecule has 1 aromatic carbocycles. The zero-order valence-electron chi connectivity index (χ0n) is 9.87. The maximum atomic E-state index is 12.7. The van der Waals surface area contributed by atoms with E-state index < -0.39 is 0 Å². The average molecular weight is 312 g/mol. The summed E-state index contributed by atoms with van der Waals surface area (Å²) >= 11 is 3.32. The summed E-state index contributed by atoms with van der Waals surface area (Å²) in [5, 5.41) is 6.76. The number of nitrogens with one attached hydrogen (secondary N) is 1. The van der Waals surface area contributed by atoms with Crippen molar-refractivity contribution in [2.75, 3.05) is 5.32 Å². The number of nitrogens with zero attached hydrogens (tertiary/aromatic N) is 2. The Morgan fingerprint density at radius 2 is 2.00 bits per heavy atom. The van der Waals surface area contributed by atoms with E-state index in [1.54, 1.807) is 11.7 Å². The lowest BCUT2D eigenvalue weighted by Gasteiger charge is -2.03. The molecule has 0 radical (unpaired) electrons. The second-order valence-corrected chi connectivity index (χ2v) is 4.63. The van der Waals surface area contributed by atoms with Crippen molar-refractivity contribution in [2.45, 2.75) is 6.92 Å². The highest BCUT2D eigenvalue weighted by Gasteiger charge is 2.17. The van der Waals surface area contributed by atoms with E-state index in [0.29, 0.717) is 15.9 Å². The molecule has 0 saturated heterocycles. The third kappa shape index (κ3) is 2.43. The van der Waals surface area contributed by atoms with Gasteiger partial charge in [0.25, 0.3) is 5.91 Å². The van der Waals surface area contributed by atoms with Gasteiger partial charge in [-0.3, -0.25) is 9.48 Å². The second-order valence-electron chi connectivity index (χ2n) is 3.83. The number of benzene rings is 1. The van der Waals surface area contributed by atoms with Gasteiger partial charge in [-0.2, -0.15) is 5.10 Å². The lowest BCUT2D eigenvalue weighted by Crippen LogP contribution is -2.13. The number of halogens is 2. The molecular weight excluding hydrogens is 301 g/mol. The van der Waals surface area contributed by atoms with Crippen LogP contribution in [0.15, 0.2) is 28.7 Å². The van der Waals surface area contributed by atoms with E-state index in [9.17, 15) is 9.18 Å². The number of hydrogen-bond acceptors (Lipinski definition) is 2. The molecule has 1 heterocycles. The molecule has 2 aromatic rings. The lowest BCUT2D eigenvalue weighted by molar-refractivity contribution is 0.102. The summed E-state index contributed by atoms with van der Waals surface area (Å²) in [6.45, 7) is 1.85. The van der Waals surface area contributed by atoms with Crippen molar-refractivity contribution in [3.8, 4) is 0 Å². The van der Waals surface area contributed by atoms with Gasteiger partial charge in [0.05, 0.1) is 10.2 Å². The predicted molar refractivity (Wildman–Crippen MR) is 70.0 cm³/mol. The number of aromatic nitrogens is 2. The molecule has 1 aromatic heterocycles. The number of rotatable bonds is 2. The van der Waals surface area contributed by atoms with Crippen LogP contribution in [0.5, 0.6) is 0 Å². The molecule has 94 valence electrons. The fraction of sp³-hybridized carbons (Fsp3) is 0.167. The van der Waals surface area contributed by atoms with Crippen LogP contribution in [0.3, 0.4) is 0 Å². The van der Waals surface area contributed by atoms with E-state index in [2.05, 4.69) is 26.3 Å². The van der Waals surface area contributed by atoms with E-state index in [0.717, 1.165) is 5.69 Å². The Morgan fingerprint density at radius 3 is 2.50 bits per heavy atom. The molecule has 0 aliphatic carbocycles. The van der Waals surface area contributed by atoms with Gasteiger partial charge < -0.3 is 5.32 Å². The summed E-state index contributed by atoms with van der Waals surface area (Å²) in [5.41, 5.74) is 1.69. The second kappa shape index (κ2) is 4.89. The van der Waals surface area contributed by atoms with Crippen LogP contribution >= 0.6 is 15.9 Å². The van der Waals surface area contributed by atoms with Crippen LogP contribution in [-0.4, -0.2) is 15.7 Å². The van der Waals surface area contributed by atoms with Crippen molar-refractivity contribution in [3.63, 3.8) is 0 Å². The minimum absolute atomic E-state index is 0.305. The summed E-state index contributed by atoms with van der Waals surface area (Å²) in [4.78, 5) is 12.0. The fourth-order valence-electron chi connectivity index (χ4n) is 1.45. The highest BCUT2D eigenvalue weighted by molar-refractivity contribution is 9.10. The third-order valence-corrected chi connectivity index (χ3v) is 3.53. The Bertz CT molecular complexity index is 592. The Labute approximate surface area is 112 Å². The Balaban J connectivity index is 2.22. The fourth-order valence-corrected chi connectivity index (χ4v) is 1.97. The van der Waals surface area contributed by atoms with Crippen LogP contribution in [0, 0.1) is 12.7 Å². The van der Waals surface area contributed by atoms with Crippen molar-refractivity contribution < 1.29 is 9.18 Å². The Hall–Kier alpha value is -1.69. The first-order chi connectivity index (χ1) is 8.49. The minimum Gasteiger partial charge on any atom is -0.321 e. The maximum Gasteiger partial charge on any atom is 0.277 e. The number of carbonyl (C=O) groups is 1. The van der Waals surface area contributed by atoms with E-state index >= 15 is 0 Å². The smallest absolute Gasteiger partial charge is 0.277 e. The van der Waals surface area contributed by atoms with Gasteiger partial charge in [0, 0.05) is 12.7 Å². The van der Waals surface area contributed by atoms with Gasteiger partial charge in [-0.25, -0.2) is 4.39 Å². The van der Waals surface area contributed by atoms with Gasteiger partial charge in [-0.1, -0.05) is 0 Å². The van der Waals surface area contributed by atoms with Crippen LogP contribution in [0.2, 0.25) is 0 Å². The van der Waals surface area contributed by atoms with Crippen LogP contribution in [0.25, 0.3) is 0 Å². The first-order valence-corrected chi connectivity index (χ1v) is 6.04. The van der Waals surface area contributed by atoms with Crippen LogP contribution < -0.4 is 5.32 Å². The molecule has 0 bridgehead atoms. The molecule has 0 saturated carbocycles. The Kier molecular flexibility index (Phi) is 3.47. The topological polar surface area (TPSA) is 46.9 Å². The Morgan fingerprint density at radius 1 is 1.39 bits per heavy atom. The van der Waals surface area contributed by atoms with Crippen molar-refractivity contribution in [1.29, 1.82) is 0 Å². The van der Waals surface area contributed by atoms with Crippen molar-refractivity contribution >= 4 is 27.5 Å². The first kappa shape index (κ1) is 12.8. The molecule has 1 N–H and O–H groups in total. The van der Waals surface area contributed by atoms with Gasteiger partial charge in [-0.15, -0.1) is 0 Å². The van der Waals surface area contributed by atoms with E-state index in [4.69, 9.17) is 0 Å². The van der Waals surface area contributed by atoms with Crippen LogP contribution in [-0.2, 0) is 7.05 Å². The van der Waals surface area contributed by atoms with Gasteiger partial charge in [0.2, 0.25) is 0 Å². The average Bonchev–Trinajstić information content (AvgIpc) is 2.60. The lowest BCUT2D eigenvalue weighted by atomic mass is 10.3. The number of hydrogen-bond donors (Lipinski definition) is 1. The maximum absolute atomic E-state index is 12.7. The molecule has 0 aliphatic rings. The summed E-state index contributed by atoms with van der Waals surface area (Å²) in [7, 11) is 1.76. The normalized spacial score (nSPS) is 10.4. The van der Waals surface area contributed by atoms with Crippen molar-refractivity contribution in [1.82, 2.24) is 9.78 Å². The molecular formula is C12H11BrFN3O. The van der Waals surface area contributed by atoms with Crippen LogP contribution in [0.4, 0.5) is 10.1 Å². The molecule has 0 atom stereocenters. The summed E-state index contributed by atoms with van der Waals surface area (Å²) in [6.07, 6.45) is 0.